The van der Waals surface area contributed by atoms with E-state index in [-0.39, 0.29) is 37.2 Å². The van der Waals surface area contributed by atoms with Crippen LogP contribution in [0.3, 0.4) is 0 Å². The van der Waals surface area contributed by atoms with Crippen LogP contribution < -0.4 is 0 Å². The molecule has 1 aromatic heterocycles. The molecule has 0 unspecified atom stereocenters. The predicted octanol–water partition coefficient (Wildman–Crippen LogP) is 4.43. The average molecular weight is 543 g/mol. The van der Waals surface area contributed by atoms with Crippen LogP contribution >= 0.6 is 11.8 Å². The van der Waals surface area contributed by atoms with Gasteiger partial charge in [-0.25, -0.2) is 4.98 Å². The summed E-state index contributed by atoms with van der Waals surface area (Å²) in [4.78, 5) is 31.0. The standard InChI is InChI=1S/C29H26N4O5S/c34-15-19-7-9-20(10-8-19)25-13-22(16-39-29-30-17-31-32-29)37-28(38-25)21-11-5-18(6-12-21)14-33-26(35)23-3-1-2-4-24(23)27(33)36/h1-12,17,22,25,28,34H,13-16H2,(H,30,31,32)/t22-,25+,28+/m0/s1. The van der Waals surface area contributed by atoms with Crippen molar-refractivity contribution in [3.8, 4) is 0 Å². The number of benzene rings is 3. The number of aliphatic hydroxyl groups excluding tert-OH is 1. The molecule has 0 spiro atoms. The van der Waals surface area contributed by atoms with Gasteiger partial charge in [-0.15, -0.1) is 0 Å². The van der Waals surface area contributed by atoms with Crippen LogP contribution in [0.4, 0.5) is 0 Å². The van der Waals surface area contributed by atoms with Gasteiger partial charge in [0.2, 0.25) is 0 Å². The zero-order valence-corrected chi connectivity index (χ0v) is 21.7. The van der Waals surface area contributed by atoms with Gasteiger partial charge in [0, 0.05) is 17.7 Å². The minimum absolute atomic E-state index is 0.0128. The summed E-state index contributed by atoms with van der Waals surface area (Å²) in [5.74, 6) is 0.111. The topological polar surface area (TPSA) is 118 Å². The lowest BCUT2D eigenvalue weighted by Crippen LogP contribution is -2.31. The lowest BCUT2D eigenvalue weighted by atomic mass is 10.0. The van der Waals surface area contributed by atoms with Crippen molar-refractivity contribution in [2.24, 2.45) is 0 Å². The molecule has 3 aromatic carbocycles. The number of H-pyrrole nitrogens is 1. The molecule has 39 heavy (non-hydrogen) atoms. The van der Waals surface area contributed by atoms with Crippen molar-refractivity contribution in [2.45, 2.75) is 43.2 Å². The fraction of sp³-hybridized carbons (Fsp3) is 0.241. The molecular formula is C29H26N4O5S. The summed E-state index contributed by atoms with van der Waals surface area (Å²) in [6.45, 7) is 0.177. The SMILES string of the molecule is O=C1c2ccccc2C(=O)N1Cc1ccc([C@@H]2O[C@H](CSc3ncn[nH]3)C[C@H](c3ccc(CO)cc3)O2)cc1. The van der Waals surface area contributed by atoms with E-state index in [1.807, 2.05) is 48.5 Å². The van der Waals surface area contributed by atoms with E-state index in [2.05, 4.69) is 15.2 Å². The monoisotopic (exact) mass is 542 g/mol. The zero-order valence-electron chi connectivity index (χ0n) is 20.9. The maximum Gasteiger partial charge on any atom is 0.261 e. The summed E-state index contributed by atoms with van der Waals surface area (Å²) in [7, 11) is 0. The van der Waals surface area contributed by atoms with Crippen molar-refractivity contribution in [3.63, 3.8) is 0 Å². The fourth-order valence-electron chi connectivity index (χ4n) is 4.80. The van der Waals surface area contributed by atoms with Gasteiger partial charge in [-0.05, 0) is 28.8 Å². The van der Waals surface area contributed by atoms with E-state index in [9.17, 15) is 14.7 Å². The van der Waals surface area contributed by atoms with Crippen LogP contribution in [0.1, 0.15) is 61.8 Å². The summed E-state index contributed by atoms with van der Waals surface area (Å²) in [5, 5.41) is 16.9. The van der Waals surface area contributed by atoms with Crippen LogP contribution in [0.15, 0.2) is 84.3 Å². The first-order chi connectivity index (χ1) is 19.1. The molecule has 0 radical (unpaired) electrons. The zero-order chi connectivity index (χ0) is 26.8. The second-order valence-corrected chi connectivity index (χ2v) is 10.4. The Labute approximate surface area is 229 Å². The Morgan fingerprint density at radius 3 is 2.21 bits per heavy atom. The van der Waals surface area contributed by atoms with Crippen molar-refractivity contribution in [2.75, 3.05) is 5.75 Å². The summed E-state index contributed by atoms with van der Waals surface area (Å²) < 4.78 is 12.8. The molecule has 3 heterocycles. The van der Waals surface area contributed by atoms with Crippen LogP contribution in [0.5, 0.6) is 0 Å². The Morgan fingerprint density at radius 1 is 0.897 bits per heavy atom. The van der Waals surface area contributed by atoms with Crippen LogP contribution in [-0.4, -0.2) is 48.9 Å². The van der Waals surface area contributed by atoms with Crippen molar-refractivity contribution in [1.82, 2.24) is 20.1 Å². The molecule has 0 aliphatic carbocycles. The first-order valence-corrected chi connectivity index (χ1v) is 13.6. The van der Waals surface area contributed by atoms with Crippen molar-refractivity contribution in [3.05, 3.63) is 113 Å². The highest BCUT2D eigenvalue weighted by Crippen LogP contribution is 2.39. The number of nitrogens with zero attached hydrogens (tertiary/aromatic N) is 3. The van der Waals surface area contributed by atoms with Gasteiger partial charge in [0.25, 0.3) is 11.8 Å². The Kier molecular flexibility index (Phi) is 7.25. The lowest BCUT2D eigenvalue weighted by Gasteiger charge is -2.36. The number of aromatic amines is 1. The van der Waals surface area contributed by atoms with E-state index in [0.717, 1.165) is 27.4 Å². The normalized spacial score (nSPS) is 20.8. The Hall–Kier alpha value is -3.83. The Morgan fingerprint density at radius 2 is 1.56 bits per heavy atom. The number of hydrogen-bond acceptors (Lipinski definition) is 8. The van der Waals surface area contributed by atoms with Crippen LogP contribution in [0, 0.1) is 0 Å². The molecular weight excluding hydrogens is 516 g/mol. The molecule has 2 aliphatic rings. The van der Waals surface area contributed by atoms with E-state index in [4.69, 9.17) is 9.47 Å². The van der Waals surface area contributed by atoms with Gasteiger partial charge in [-0.3, -0.25) is 19.6 Å². The largest absolute Gasteiger partial charge is 0.392 e. The minimum atomic E-state index is -0.602. The maximum atomic E-state index is 12.8. The third-order valence-electron chi connectivity index (χ3n) is 6.88. The molecule has 3 atom stereocenters. The molecule has 0 bridgehead atoms. The quantitative estimate of drug-likeness (QED) is 0.248. The Bertz CT molecular complexity index is 1430. The summed E-state index contributed by atoms with van der Waals surface area (Å²) in [5.41, 5.74) is 4.40. The molecule has 0 saturated carbocycles. The lowest BCUT2D eigenvalue weighted by molar-refractivity contribution is -0.245. The number of hydrogen-bond donors (Lipinski definition) is 2. The number of carbonyl (C=O) groups excluding carboxylic acids is 2. The molecule has 2 N–H and O–H groups in total. The molecule has 1 fully saturated rings. The second kappa shape index (κ2) is 11.1. The second-order valence-electron chi connectivity index (χ2n) is 9.44. The van der Waals surface area contributed by atoms with Gasteiger partial charge in [0.1, 0.15) is 6.33 Å². The number of rotatable bonds is 8. The van der Waals surface area contributed by atoms with Crippen molar-refractivity contribution >= 4 is 23.6 Å². The number of nitrogens with one attached hydrogen (secondary N) is 1. The van der Waals surface area contributed by atoms with Crippen LogP contribution in [0.2, 0.25) is 0 Å². The fourth-order valence-corrected chi connectivity index (χ4v) is 5.60. The van der Waals surface area contributed by atoms with E-state index in [1.165, 1.54) is 23.0 Å². The first kappa shape index (κ1) is 25.4. The number of amides is 2. The summed E-state index contributed by atoms with van der Waals surface area (Å²) >= 11 is 1.54. The van der Waals surface area contributed by atoms with Gasteiger partial charge in [-0.2, -0.15) is 5.10 Å². The minimum Gasteiger partial charge on any atom is -0.392 e. The van der Waals surface area contributed by atoms with E-state index in [0.29, 0.717) is 23.3 Å². The number of aliphatic hydroxyl groups is 1. The first-order valence-electron chi connectivity index (χ1n) is 12.6. The van der Waals surface area contributed by atoms with Crippen LogP contribution in [0.25, 0.3) is 0 Å². The number of aromatic nitrogens is 3. The third kappa shape index (κ3) is 5.37. The number of imide groups is 1. The Balaban J connectivity index is 1.18. The molecule has 9 nitrogen and oxygen atoms in total. The smallest absolute Gasteiger partial charge is 0.261 e. The highest BCUT2D eigenvalue weighted by Gasteiger charge is 2.35. The van der Waals surface area contributed by atoms with Gasteiger partial charge in [0.15, 0.2) is 11.4 Å². The van der Waals surface area contributed by atoms with Gasteiger partial charge in [0.05, 0.1) is 36.5 Å². The molecule has 2 aliphatic heterocycles. The van der Waals surface area contributed by atoms with E-state index < -0.39 is 6.29 Å². The number of thioether (sulfide) groups is 1. The maximum absolute atomic E-state index is 12.8. The molecule has 6 rings (SSSR count). The van der Waals surface area contributed by atoms with Gasteiger partial charge < -0.3 is 14.6 Å². The predicted molar refractivity (Wildman–Crippen MR) is 143 cm³/mol. The van der Waals surface area contributed by atoms with Crippen molar-refractivity contribution in [1.29, 1.82) is 0 Å². The molecule has 4 aromatic rings. The number of ether oxygens (including phenoxy) is 2. The van der Waals surface area contributed by atoms with Crippen molar-refractivity contribution < 1.29 is 24.2 Å². The van der Waals surface area contributed by atoms with Gasteiger partial charge >= 0.3 is 0 Å². The third-order valence-corrected chi connectivity index (χ3v) is 7.89. The van der Waals surface area contributed by atoms with Crippen LogP contribution in [-0.2, 0) is 22.6 Å². The van der Waals surface area contributed by atoms with E-state index >= 15 is 0 Å². The summed E-state index contributed by atoms with van der Waals surface area (Å²) in [6, 6.07) is 22.2. The molecule has 1 saturated heterocycles. The summed E-state index contributed by atoms with van der Waals surface area (Å²) in [6.07, 6.45) is 1.23. The molecule has 10 heteroatoms. The molecule has 198 valence electrons. The highest BCUT2D eigenvalue weighted by atomic mass is 32.2. The average Bonchev–Trinajstić information content (AvgIpc) is 3.59. The van der Waals surface area contributed by atoms with Gasteiger partial charge in [-0.1, -0.05) is 72.4 Å². The highest BCUT2D eigenvalue weighted by molar-refractivity contribution is 7.99. The molecule has 2 amide bonds. The number of carbonyl (C=O) groups is 2. The number of fused-ring (bicyclic) bond motifs is 1. The van der Waals surface area contributed by atoms with E-state index in [1.54, 1.807) is 24.3 Å².